The molecule has 0 atom stereocenters. The van der Waals surface area contributed by atoms with E-state index in [0.29, 0.717) is 11.3 Å². The molecule has 0 saturated carbocycles. The fourth-order valence-electron chi connectivity index (χ4n) is 2.52. The van der Waals surface area contributed by atoms with Crippen molar-refractivity contribution in [3.63, 3.8) is 0 Å². The number of rotatable bonds is 4. The van der Waals surface area contributed by atoms with Gasteiger partial charge in [-0.15, -0.1) is 0 Å². The third kappa shape index (κ3) is 3.38. The van der Waals surface area contributed by atoms with Gasteiger partial charge in [-0.25, -0.2) is 4.68 Å². The van der Waals surface area contributed by atoms with Crippen LogP contribution in [-0.4, -0.2) is 21.7 Å². The highest BCUT2D eigenvalue weighted by Crippen LogP contribution is 2.23. The van der Waals surface area contributed by atoms with Crippen LogP contribution >= 0.6 is 0 Å². The predicted molar refractivity (Wildman–Crippen MR) is 96.3 cm³/mol. The normalized spacial score (nSPS) is 10.8. The van der Waals surface area contributed by atoms with Gasteiger partial charge in [0.05, 0.1) is 11.3 Å². The van der Waals surface area contributed by atoms with E-state index in [1.165, 1.54) is 5.56 Å². The van der Waals surface area contributed by atoms with Gasteiger partial charge in [0.2, 0.25) is 0 Å². The SMILES string of the molecule is Cc1ccc(-n2cc(C(=O)NC(C)C)c(-c3ccccc3)n2)cc1. The molecule has 0 bridgehead atoms. The molecule has 3 aromatic rings. The summed E-state index contributed by atoms with van der Waals surface area (Å²) in [6.07, 6.45) is 1.80. The van der Waals surface area contributed by atoms with Crippen LogP contribution in [0.4, 0.5) is 0 Å². The Morgan fingerprint density at radius 3 is 2.33 bits per heavy atom. The topological polar surface area (TPSA) is 46.9 Å². The zero-order valence-electron chi connectivity index (χ0n) is 14.2. The van der Waals surface area contributed by atoms with Gasteiger partial charge in [0.25, 0.3) is 5.91 Å². The number of aryl methyl sites for hydroxylation is 1. The number of hydrogen-bond acceptors (Lipinski definition) is 2. The molecule has 0 unspecified atom stereocenters. The van der Waals surface area contributed by atoms with Crippen molar-refractivity contribution in [3.8, 4) is 16.9 Å². The van der Waals surface area contributed by atoms with Crippen LogP contribution in [0.1, 0.15) is 29.8 Å². The van der Waals surface area contributed by atoms with E-state index in [0.717, 1.165) is 11.3 Å². The molecule has 24 heavy (non-hydrogen) atoms. The van der Waals surface area contributed by atoms with Gasteiger partial charge in [-0.05, 0) is 32.9 Å². The van der Waals surface area contributed by atoms with E-state index >= 15 is 0 Å². The molecule has 1 amide bonds. The highest BCUT2D eigenvalue weighted by atomic mass is 16.1. The summed E-state index contributed by atoms with van der Waals surface area (Å²) in [6.45, 7) is 5.94. The summed E-state index contributed by atoms with van der Waals surface area (Å²) in [6, 6.07) is 17.9. The lowest BCUT2D eigenvalue weighted by Gasteiger charge is -2.07. The minimum atomic E-state index is -0.109. The molecule has 0 radical (unpaired) electrons. The molecule has 0 spiro atoms. The van der Waals surface area contributed by atoms with Crippen LogP contribution in [0.15, 0.2) is 60.8 Å². The molecule has 3 rings (SSSR count). The maximum atomic E-state index is 12.6. The third-order valence-corrected chi connectivity index (χ3v) is 3.72. The number of carbonyl (C=O) groups excluding carboxylic acids is 1. The monoisotopic (exact) mass is 319 g/mol. The Labute approximate surface area is 142 Å². The summed E-state index contributed by atoms with van der Waals surface area (Å²) in [7, 11) is 0. The highest BCUT2D eigenvalue weighted by Gasteiger charge is 2.19. The molecule has 0 aliphatic carbocycles. The molecule has 122 valence electrons. The summed E-state index contributed by atoms with van der Waals surface area (Å²) < 4.78 is 1.76. The first-order chi connectivity index (χ1) is 11.5. The van der Waals surface area contributed by atoms with E-state index in [1.807, 2.05) is 75.4 Å². The molecule has 4 heteroatoms. The van der Waals surface area contributed by atoms with E-state index < -0.39 is 0 Å². The maximum Gasteiger partial charge on any atom is 0.255 e. The second-order valence-corrected chi connectivity index (χ2v) is 6.17. The Morgan fingerprint density at radius 1 is 1.04 bits per heavy atom. The number of amides is 1. The largest absolute Gasteiger partial charge is 0.350 e. The summed E-state index contributed by atoms with van der Waals surface area (Å²) in [5.74, 6) is -0.109. The molecule has 1 aromatic heterocycles. The zero-order chi connectivity index (χ0) is 17.1. The minimum Gasteiger partial charge on any atom is -0.350 e. The average molecular weight is 319 g/mol. The Hall–Kier alpha value is -2.88. The fourth-order valence-corrected chi connectivity index (χ4v) is 2.52. The van der Waals surface area contributed by atoms with Gasteiger partial charge in [-0.2, -0.15) is 5.10 Å². The van der Waals surface area contributed by atoms with E-state index in [-0.39, 0.29) is 11.9 Å². The molecule has 4 nitrogen and oxygen atoms in total. The molecule has 0 aliphatic heterocycles. The Morgan fingerprint density at radius 2 is 1.71 bits per heavy atom. The highest BCUT2D eigenvalue weighted by molar-refractivity contribution is 6.00. The van der Waals surface area contributed by atoms with E-state index in [4.69, 9.17) is 0 Å². The maximum absolute atomic E-state index is 12.6. The van der Waals surface area contributed by atoms with Crippen LogP contribution in [-0.2, 0) is 0 Å². The van der Waals surface area contributed by atoms with E-state index in [9.17, 15) is 4.79 Å². The molecule has 2 aromatic carbocycles. The van der Waals surface area contributed by atoms with Gasteiger partial charge >= 0.3 is 0 Å². The first-order valence-corrected chi connectivity index (χ1v) is 8.07. The predicted octanol–water partition coefficient (Wildman–Crippen LogP) is 3.99. The number of benzene rings is 2. The van der Waals surface area contributed by atoms with Gasteiger partial charge in [-0.1, -0.05) is 48.0 Å². The molecule has 0 aliphatic rings. The summed E-state index contributed by atoms with van der Waals surface area (Å²) in [5, 5.41) is 7.62. The van der Waals surface area contributed by atoms with E-state index in [1.54, 1.807) is 10.9 Å². The van der Waals surface area contributed by atoms with Gasteiger partial charge in [-0.3, -0.25) is 4.79 Å². The molecule has 0 fully saturated rings. The van der Waals surface area contributed by atoms with Gasteiger partial charge in [0.1, 0.15) is 5.69 Å². The second kappa shape index (κ2) is 6.71. The zero-order valence-corrected chi connectivity index (χ0v) is 14.2. The van der Waals surface area contributed by atoms with E-state index in [2.05, 4.69) is 10.4 Å². The second-order valence-electron chi connectivity index (χ2n) is 6.17. The van der Waals surface area contributed by atoms with Crippen LogP contribution in [0, 0.1) is 6.92 Å². The minimum absolute atomic E-state index is 0.0730. The Balaban J connectivity index is 2.08. The third-order valence-electron chi connectivity index (χ3n) is 3.72. The smallest absolute Gasteiger partial charge is 0.255 e. The van der Waals surface area contributed by atoms with Crippen molar-refractivity contribution in [1.29, 1.82) is 0 Å². The summed E-state index contributed by atoms with van der Waals surface area (Å²) >= 11 is 0. The summed E-state index contributed by atoms with van der Waals surface area (Å²) in [4.78, 5) is 12.6. The quantitative estimate of drug-likeness (QED) is 0.790. The Bertz CT molecular complexity index is 833. The van der Waals surface area contributed by atoms with Crippen molar-refractivity contribution in [2.75, 3.05) is 0 Å². The average Bonchev–Trinajstić information content (AvgIpc) is 3.01. The summed E-state index contributed by atoms with van der Waals surface area (Å²) in [5.41, 5.74) is 4.32. The molecule has 1 heterocycles. The van der Waals surface area contributed by atoms with Crippen molar-refractivity contribution in [1.82, 2.24) is 15.1 Å². The number of nitrogens with zero attached hydrogens (tertiary/aromatic N) is 2. The number of hydrogen-bond donors (Lipinski definition) is 1. The Kier molecular flexibility index (Phi) is 4.47. The van der Waals surface area contributed by atoms with Crippen LogP contribution in [0.25, 0.3) is 16.9 Å². The molecule has 1 N–H and O–H groups in total. The first kappa shape index (κ1) is 16.0. The molecular formula is C20H21N3O. The first-order valence-electron chi connectivity index (χ1n) is 8.07. The number of aromatic nitrogens is 2. The molecule has 0 saturated heterocycles. The standard InChI is InChI=1S/C20H21N3O/c1-14(2)21-20(24)18-13-23(17-11-9-15(3)10-12-17)22-19(18)16-7-5-4-6-8-16/h4-14H,1-3H3,(H,21,24). The fraction of sp³-hybridized carbons (Fsp3) is 0.200. The van der Waals surface area contributed by atoms with Gasteiger partial charge in [0, 0.05) is 17.8 Å². The molecular weight excluding hydrogens is 298 g/mol. The van der Waals surface area contributed by atoms with Gasteiger partial charge in [0.15, 0.2) is 0 Å². The van der Waals surface area contributed by atoms with Crippen molar-refractivity contribution in [2.45, 2.75) is 26.8 Å². The lowest BCUT2D eigenvalue weighted by Crippen LogP contribution is -2.30. The van der Waals surface area contributed by atoms with Crippen molar-refractivity contribution in [2.24, 2.45) is 0 Å². The number of nitrogens with one attached hydrogen (secondary N) is 1. The van der Waals surface area contributed by atoms with Gasteiger partial charge < -0.3 is 5.32 Å². The van der Waals surface area contributed by atoms with Crippen molar-refractivity contribution < 1.29 is 4.79 Å². The van der Waals surface area contributed by atoms with Crippen molar-refractivity contribution in [3.05, 3.63) is 71.9 Å². The van der Waals surface area contributed by atoms with Crippen LogP contribution in [0.3, 0.4) is 0 Å². The van der Waals surface area contributed by atoms with Crippen LogP contribution in [0.2, 0.25) is 0 Å². The lowest BCUT2D eigenvalue weighted by molar-refractivity contribution is 0.0944. The number of carbonyl (C=O) groups is 1. The van der Waals surface area contributed by atoms with Crippen molar-refractivity contribution >= 4 is 5.91 Å². The van der Waals surface area contributed by atoms with Crippen LogP contribution < -0.4 is 5.32 Å². The van der Waals surface area contributed by atoms with Crippen LogP contribution in [0.5, 0.6) is 0 Å². The lowest BCUT2D eigenvalue weighted by atomic mass is 10.1.